The highest BCUT2D eigenvalue weighted by molar-refractivity contribution is 6.41. The lowest BCUT2D eigenvalue weighted by molar-refractivity contribution is -0.152. The van der Waals surface area contributed by atoms with Gasteiger partial charge in [0.1, 0.15) is 12.4 Å². The highest BCUT2D eigenvalue weighted by Crippen LogP contribution is 2.29. The second kappa shape index (κ2) is 11.7. The number of tetrazole rings is 1. The zero-order chi connectivity index (χ0) is 28.1. The molecule has 1 atom stereocenters. The molecule has 40 heavy (non-hydrogen) atoms. The lowest BCUT2D eigenvalue weighted by atomic mass is 10.0. The number of hydroxylamine groups is 1. The number of nitrogens with one attached hydrogen (secondary N) is 1. The number of hydrogen-bond acceptors (Lipinski definition) is 8. The van der Waals surface area contributed by atoms with Gasteiger partial charge in [-0.05, 0) is 46.3 Å². The molecule has 0 saturated carbocycles. The van der Waals surface area contributed by atoms with Crippen LogP contribution in [0.15, 0.2) is 85.2 Å². The lowest BCUT2D eigenvalue weighted by Gasteiger charge is -2.38. The number of benzene rings is 3. The lowest BCUT2D eigenvalue weighted by Crippen LogP contribution is -2.61. The number of piperazine rings is 1. The summed E-state index contributed by atoms with van der Waals surface area (Å²) in [7, 11) is 0. The van der Waals surface area contributed by atoms with Crippen molar-refractivity contribution in [2.45, 2.75) is 12.5 Å². The van der Waals surface area contributed by atoms with Gasteiger partial charge in [-0.1, -0.05) is 60.1 Å². The molecule has 0 aliphatic carbocycles. The third kappa shape index (κ3) is 5.66. The summed E-state index contributed by atoms with van der Waals surface area (Å²) in [5.74, 6) is -3.29. The van der Waals surface area contributed by atoms with Gasteiger partial charge in [-0.3, -0.25) is 14.4 Å². The minimum absolute atomic E-state index is 0.0175. The molecule has 1 N–H and O–H groups in total. The standard InChI is InChI=1S/C27H22ClN7O5/c28-20-11-12-21(35-17-29-31-32-35)22(16-20)33-13-14-34(26(38)25(33)37)23(15-18-7-3-1-4-8-18)24(36)30-40-27(39)19-9-5-2-6-10-19/h1-12,16-17,23H,13-15H2,(H,30,36)/t23-/m0/s1. The quantitative estimate of drug-likeness (QED) is 0.268. The van der Waals surface area contributed by atoms with Crippen molar-refractivity contribution in [3.05, 3.63) is 101 Å². The Balaban J connectivity index is 1.38. The summed E-state index contributed by atoms with van der Waals surface area (Å²) in [4.78, 5) is 60.0. The number of carbonyl (C=O) groups is 4. The molecule has 3 aromatic carbocycles. The van der Waals surface area contributed by atoms with Crippen LogP contribution in [0.4, 0.5) is 5.69 Å². The first-order chi connectivity index (χ1) is 19.4. The minimum atomic E-state index is -1.14. The van der Waals surface area contributed by atoms with E-state index in [9.17, 15) is 19.2 Å². The third-order valence-electron chi connectivity index (χ3n) is 6.28. The van der Waals surface area contributed by atoms with Crippen molar-refractivity contribution in [2.75, 3.05) is 18.0 Å². The van der Waals surface area contributed by atoms with E-state index in [2.05, 4.69) is 21.0 Å². The summed E-state index contributed by atoms with van der Waals surface area (Å²) in [6.45, 7) is 0.0755. The summed E-state index contributed by atoms with van der Waals surface area (Å²) in [6, 6.07) is 20.8. The predicted molar refractivity (Wildman–Crippen MR) is 142 cm³/mol. The minimum Gasteiger partial charge on any atom is -0.335 e. The monoisotopic (exact) mass is 559 g/mol. The Labute approximate surface area is 233 Å². The van der Waals surface area contributed by atoms with Gasteiger partial charge in [-0.2, -0.15) is 10.2 Å². The maximum atomic E-state index is 13.5. The van der Waals surface area contributed by atoms with E-state index < -0.39 is 29.7 Å². The fraction of sp³-hybridized carbons (Fsp3) is 0.148. The predicted octanol–water partition coefficient (Wildman–Crippen LogP) is 1.99. The van der Waals surface area contributed by atoms with E-state index in [1.165, 1.54) is 39.0 Å². The van der Waals surface area contributed by atoms with E-state index in [-0.39, 0.29) is 25.1 Å². The van der Waals surface area contributed by atoms with Gasteiger partial charge in [-0.15, -0.1) is 5.10 Å². The summed E-state index contributed by atoms with van der Waals surface area (Å²) in [5, 5.41) is 11.5. The van der Waals surface area contributed by atoms with Gasteiger partial charge in [0, 0.05) is 24.5 Å². The van der Waals surface area contributed by atoms with Crippen LogP contribution < -0.4 is 10.4 Å². The van der Waals surface area contributed by atoms with Gasteiger partial charge in [0.15, 0.2) is 0 Å². The van der Waals surface area contributed by atoms with Crippen molar-refractivity contribution in [1.29, 1.82) is 0 Å². The third-order valence-corrected chi connectivity index (χ3v) is 6.52. The average molecular weight is 560 g/mol. The summed E-state index contributed by atoms with van der Waals surface area (Å²) >= 11 is 6.21. The Bertz CT molecular complexity index is 1530. The van der Waals surface area contributed by atoms with Crippen LogP contribution in [0.2, 0.25) is 5.02 Å². The highest BCUT2D eigenvalue weighted by atomic mass is 35.5. The molecule has 12 nitrogen and oxygen atoms in total. The molecule has 1 aliphatic rings. The molecule has 1 fully saturated rings. The molecule has 13 heteroatoms. The number of anilines is 1. The molecule has 0 radical (unpaired) electrons. The molecule has 202 valence electrons. The van der Waals surface area contributed by atoms with Gasteiger partial charge in [-0.25, -0.2) is 4.79 Å². The van der Waals surface area contributed by atoms with E-state index >= 15 is 0 Å². The smallest absolute Gasteiger partial charge is 0.335 e. The fourth-order valence-corrected chi connectivity index (χ4v) is 4.50. The van der Waals surface area contributed by atoms with Crippen molar-refractivity contribution in [3.8, 4) is 5.69 Å². The van der Waals surface area contributed by atoms with E-state index in [1.54, 1.807) is 54.6 Å². The molecule has 0 spiro atoms. The Kier molecular flexibility index (Phi) is 7.78. The SMILES string of the molecule is O=C(ONC(=O)[C@H](Cc1ccccc1)N1CCN(c2cc(Cl)ccc2-n2cnnn2)C(=O)C1=O)c1ccccc1. The van der Waals surface area contributed by atoms with Gasteiger partial charge < -0.3 is 14.6 Å². The Morgan fingerprint density at radius 1 is 0.925 bits per heavy atom. The molecular weight excluding hydrogens is 538 g/mol. The Hall–Kier alpha value is -5.10. The average Bonchev–Trinajstić information content (AvgIpc) is 3.52. The topological polar surface area (TPSA) is 140 Å². The van der Waals surface area contributed by atoms with Crippen molar-refractivity contribution in [2.24, 2.45) is 0 Å². The first kappa shape index (κ1) is 26.5. The maximum Gasteiger partial charge on any atom is 0.362 e. The summed E-state index contributed by atoms with van der Waals surface area (Å²) < 4.78 is 1.35. The van der Waals surface area contributed by atoms with E-state index in [1.807, 2.05) is 6.07 Å². The zero-order valence-electron chi connectivity index (χ0n) is 20.9. The number of nitrogens with zero attached hydrogens (tertiary/aromatic N) is 6. The second-order valence-corrected chi connectivity index (χ2v) is 9.21. The van der Waals surface area contributed by atoms with Crippen LogP contribution in [0.3, 0.4) is 0 Å². The van der Waals surface area contributed by atoms with E-state index in [0.717, 1.165) is 5.56 Å². The molecule has 0 unspecified atom stereocenters. The van der Waals surface area contributed by atoms with Gasteiger partial charge in [0.25, 0.3) is 5.91 Å². The number of halogens is 1. The summed E-state index contributed by atoms with van der Waals surface area (Å²) in [6.07, 6.45) is 1.44. The summed E-state index contributed by atoms with van der Waals surface area (Å²) in [5.41, 5.74) is 3.92. The van der Waals surface area contributed by atoms with Gasteiger partial charge in [0.05, 0.1) is 16.9 Å². The van der Waals surface area contributed by atoms with Crippen LogP contribution >= 0.6 is 11.6 Å². The molecule has 2 heterocycles. The van der Waals surface area contributed by atoms with Crippen LogP contribution in [0, 0.1) is 0 Å². The number of aromatic nitrogens is 4. The van der Waals surface area contributed by atoms with Crippen LogP contribution in [-0.4, -0.2) is 67.9 Å². The molecule has 3 amide bonds. The molecular formula is C27H22ClN7O5. The Morgan fingerprint density at radius 3 is 2.35 bits per heavy atom. The van der Waals surface area contributed by atoms with Crippen molar-refractivity contribution < 1.29 is 24.0 Å². The van der Waals surface area contributed by atoms with Gasteiger partial charge in [0.2, 0.25) is 0 Å². The van der Waals surface area contributed by atoms with Crippen molar-refractivity contribution >= 4 is 41.0 Å². The van der Waals surface area contributed by atoms with E-state index in [4.69, 9.17) is 16.4 Å². The maximum absolute atomic E-state index is 13.5. The fourth-order valence-electron chi connectivity index (χ4n) is 4.33. The first-order valence-corrected chi connectivity index (χ1v) is 12.6. The van der Waals surface area contributed by atoms with Crippen LogP contribution in [0.5, 0.6) is 0 Å². The van der Waals surface area contributed by atoms with Crippen LogP contribution in [0.25, 0.3) is 5.69 Å². The highest BCUT2D eigenvalue weighted by Gasteiger charge is 2.41. The van der Waals surface area contributed by atoms with Gasteiger partial charge >= 0.3 is 17.8 Å². The normalized spacial score (nSPS) is 14.1. The molecule has 5 rings (SSSR count). The largest absolute Gasteiger partial charge is 0.362 e. The van der Waals surface area contributed by atoms with Crippen LogP contribution in [-0.2, 0) is 25.6 Å². The van der Waals surface area contributed by atoms with Crippen molar-refractivity contribution in [3.63, 3.8) is 0 Å². The molecule has 1 aliphatic heterocycles. The number of amides is 3. The molecule has 1 saturated heterocycles. The second-order valence-electron chi connectivity index (χ2n) is 8.77. The van der Waals surface area contributed by atoms with Crippen molar-refractivity contribution in [1.82, 2.24) is 30.6 Å². The molecule has 0 bridgehead atoms. The Morgan fingerprint density at radius 2 is 1.65 bits per heavy atom. The first-order valence-electron chi connectivity index (χ1n) is 12.2. The zero-order valence-corrected chi connectivity index (χ0v) is 21.6. The number of carbonyl (C=O) groups excluding carboxylic acids is 4. The van der Waals surface area contributed by atoms with E-state index in [0.29, 0.717) is 16.4 Å². The van der Waals surface area contributed by atoms with Crippen LogP contribution in [0.1, 0.15) is 15.9 Å². The number of rotatable bonds is 7. The number of hydrogen-bond donors (Lipinski definition) is 1. The molecule has 4 aromatic rings. The molecule has 1 aromatic heterocycles.